The molecule has 32 heavy (non-hydrogen) atoms. The molecule has 4 aromatic rings. The average Bonchev–Trinajstić information content (AvgIpc) is 3.13. The van der Waals surface area contributed by atoms with Gasteiger partial charge in [0.1, 0.15) is 17.3 Å². The van der Waals surface area contributed by atoms with Gasteiger partial charge in [0.2, 0.25) is 5.75 Å². The number of nitrogens with two attached hydrogens (primary N) is 2. The van der Waals surface area contributed by atoms with Gasteiger partial charge < -0.3 is 21.5 Å². The van der Waals surface area contributed by atoms with Crippen LogP contribution in [-0.2, 0) is 6.54 Å². The summed E-state index contributed by atoms with van der Waals surface area (Å²) in [5.74, 6) is -1.66. The monoisotopic (exact) mass is 440 g/mol. The van der Waals surface area contributed by atoms with Gasteiger partial charge in [0, 0.05) is 12.6 Å². The normalized spacial score (nSPS) is 11.0. The maximum Gasteiger partial charge on any atom is 0.412 e. The van der Waals surface area contributed by atoms with Crippen LogP contribution < -0.4 is 21.5 Å². The molecule has 0 fully saturated rings. The number of benzene rings is 1. The third-order valence-corrected chi connectivity index (χ3v) is 4.77. The van der Waals surface area contributed by atoms with E-state index in [1.165, 1.54) is 17.8 Å². The molecule has 12 heteroatoms. The van der Waals surface area contributed by atoms with Crippen LogP contribution in [0.2, 0.25) is 0 Å². The highest BCUT2D eigenvalue weighted by Gasteiger charge is 2.23. The van der Waals surface area contributed by atoms with Crippen LogP contribution in [0.25, 0.3) is 22.6 Å². The van der Waals surface area contributed by atoms with Crippen LogP contribution in [0, 0.1) is 18.6 Å². The molecule has 0 saturated heterocycles. The topological polar surface area (TPSA) is 147 Å². The third kappa shape index (κ3) is 3.62. The molecule has 0 radical (unpaired) electrons. The van der Waals surface area contributed by atoms with E-state index in [0.717, 1.165) is 6.20 Å². The zero-order chi connectivity index (χ0) is 23.0. The molecule has 0 bridgehead atoms. The number of nitrogen functional groups attached to an aromatic ring is 2. The predicted molar refractivity (Wildman–Crippen MR) is 113 cm³/mol. The quantitative estimate of drug-likeness (QED) is 0.438. The highest BCUT2D eigenvalue weighted by molar-refractivity contribution is 5.92. The van der Waals surface area contributed by atoms with Crippen molar-refractivity contribution in [2.75, 3.05) is 18.5 Å². The number of halogens is 2. The van der Waals surface area contributed by atoms with Crippen molar-refractivity contribution in [1.29, 1.82) is 0 Å². The number of aromatic nitrogens is 5. The second-order valence-corrected chi connectivity index (χ2v) is 6.81. The number of carbonyl (C=O) groups excluding carboxylic acids is 1. The molecule has 0 saturated carbocycles. The average molecular weight is 440 g/mol. The Hall–Kier alpha value is -4.35. The minimum atomic E-state index is -0.804. The largest absolute Gasteiger partial charge is 0.412 e. The van der Waals surface area contributed by atoms with Gasteiger partial charge in [0.25, 0.3) is 0 Å². The van der Waals surface area contributed by atoms with E-state index < -0.39 is 17.7 Å². The molecule has 1 aromatic carbocycles. The maximum atomic E-state index is 14.3. The number of nitrogens with zero attached hydrogens (tertiary/aromatic N) is 5. The smallest absolute Gasteiger partial charge is 0.402 e. The Morgan fingerprint density at radius 3 is 2.50 bits per heavy atom. The lowest BCUT2D eigenvalue weighted by molar-refractivity contribution is 0.203. The summed E-state index contributed by atoms with van der Waals surface area (Å²) in [6.45, 7) is 1.58. The van der Waals surface area contributed by atoms with E-state index in [0.29, 0.717) is 16.6 Å². The Labute approximate surface area is 180 Å². The van der Waals surface area contributed by atoms with Crippen molar-refractivity contribution in [1.82, 2.24) is 30.0 Å². The van der Waals surface area contributed by atoms with E-state index in [2.05, 4.69) is 25.4 Å². The summed E-state index contributed by atoms with van der Waals surface area (Å²) < 4.78 is 34.9. The molecular formula is C20H18F2N8O2. The van der Waals surface area contributed by atoms with E-state index in [9.17, 15) is 13.6 Å². The summed E-state index contributed by atoms with van der Waals surface area (Å²) in [4.78, 5) is 23.9. The Bertz CT molecular complexity index is 1330. The number of fused-ring (bicyclic) bond motifs is 1. The number of hydrogen-bond acceptors (Lipinski definition) is 8. The van der Waals surface area contributed by atoms with Crippen molar-refractivity contribution in [2.24, 2.45) is 0 Å². The Balaban J connectivity index is 1.89. The first kappa shape index (κ1) is 20.9. The molecule has 0 spiro atoms. The van der Waals surface area contributed by atoms with Crippen molar-refractivity contribution < 1.29 is 18.3 Å². The fourth-order valence-corrected chi connectivity index (χ4v) is 3.16. The minimum Gasteiger partial charge on any atom is -0.402 e. The van der Waals surface area contributed by atoms with Gasteiger partial charge in [0.05, 0.1) is 18.1 Å². The number of ether oxygens (including phenoxy) is 1. The molecule has 5 N–H and O–H groups in total. The van der Waals surface area contributed by atoms with Crippen LogP contribution in [0.15, 0.2) is 30.5 Å². The highest BCUT2D eigenvalue weighted by atomic mass is 19.1. The molecule has 0 atom stereocenters. The molecule has 0 aliphatic rings. The lowest BCUT2D eigenvalue weighted by atomic mass is 10.1. The second kappa shape index (κ2) is 8.06. The SMILES string of the molecule is CNC(=O)Oc1c(N)nc(-c2nn(Cc3ccccc3F)c3ncc(F)c(C)c23)nc1N. The standard InChI is InChI=1S/C20H18F2N8O2/c1-9-12(22)7-26-19-13(9)14(29-30(19)8-10-5-3-4-6-11(10)21)18-27-16(23)15(17(24)28-18)32-20(31)25-2/h3-7H,8H2,1-2H3,(H,25,31)(H4,23,24,27,28). The summed E-state index contributed by atoms with van der Waals surface area (Å²) in [7, 11) is 1.36. The highest BCUT2D eigenvalue weighted by Crippen LogP contribution is 2.33. The molecular weight excluding hydrogens is 422 g/mol. The molecule has 1 amide bonds. The molecule has 4 rings (SSSR count). The number of aryl methyl sites for hydroxylation is 1. The summed E-state index contributed by atoms with van der Waals surface area (Å²) in [5.41, 5.74) is 12.9. The first-order valence-corrected chi connectivity index (χ1v) is 9.38. The molecule has 10 nitrogen and oxygen atoms in total. The van der Waals surface area contributed by atoms with Gasteiger partial charge in [-0.1, -0.05) is 18.2 Å². The molecule has 0 aliphatic heterocycles. The van der Waals surface area contributed by atoms with Crippen molar-refractivity contribution in [3.05, 3.63) is 53.2 Å². The molecule has 0 aliphatic carbocycles. The number of rotatable bonds is 4. The van der Waals surface area contributed by atoms with Crippen LogP contribution in [0.4, 0.5) is 25.2 Å². The fraction of sp³-hybridized carbons (Fsp3) is 0.150. The molecule has 0 unspecified atom stereocenters. The van der Waals surface area contributed by atoms with Gasteiger partial charge in [-0.2, -0.15) is 5.10 Å². The number of hydrogen-bond donors (Lipinski definition) is 3. The van der Waals surface area contributed by atoms with Crippen molar-refractivity contribution in [3.8, 4) is 17.3 Å². The van der Waals surface area contributed by atoms with E-state index >= 15 is 0 Å². The second-order valence-electron chi connectivity index (χ2n) is 6.81. The predicted octanol–water partition coefficient (Wildman–Crippen LogP) is 2.41. The van der Waals surface area contributed by atoms with E-state index in [1.807, 2.05) is 0 Å². The summed E-state index contributed by atoms with van der Waals surface area (Å²) in [6.07, 6.45) is 0.256. The van der Waals surface area contributed by atoms with Crippen molar-refractivity contribution >= 4 is 28.8 Å². The lowest BCUT2D eigenvalue weighted by Crippen LogP contribution is -2.23. The van der Waals surface area contributed by atoms with Crippen LogP contribution in [-0.4, -0.2) is 37.9 Å². The van der Waals surface area contributed by atoms with Gasteiger partial charge in [-0.15, -0.1) is 0 Å². The van der Waals surface area contributed by atoms with Gasteiger partial charge in [-0.05, 0) is 18.6 Å². The van der Waals surface area contributed by atoms with Gasteiger partial charge >= 0.3 is 6.09 Å². The third-order valence-electron chi connectivity index (χ3n) is 4.77. The fourth-order valence-electron chi connectivity index (χ4n) is 3.16. The maximum absolute atomic E-state index is 14.3. The number of amides is 1. The zero-order valence-corrected chi connectivity index (χ0v) is 17.1. The van der Waals surface area contributed by atoms with Gasteiger partial charge in [-0.3, -0.25) is 0 Å². The van der Waals surface area contributed by atoms with Crippen molar-refractivity contribution in [2.45, 2.75) is 13.5 Å². The molecule has 3 heterocycles. The summed E-state index contributed by atoms with van der Waals surface area (Å²) in [6, 6.07) is 6.20. The summed E-state index contributed by atoms with van der Waals surface area (Å²) >= 11 is 0. The Morgan fingerprint density at radius 2 is 1.84 bits per heavy atom. The van der Waals surface area contributed by atoms with E-state index in [4.69, 9.17) is 16.2 Å². The lowest BCUT2D eigenvalue weighted by Gasteiger charge is -2.09. The van der Waals surface area contributed by atoms with E-state index in [1.54, 1.807) is 25.1 Å². The number of carbonyl (C=O) groups is 1. The number of nitrogens with one attached hydrogen (secondary N) is 1. The zero-order valence-electron chi connectivity index (χ0n) is 17.1. The van der Waals surface area contributed by atoms with E-state index in [-0.39, 0.29) is 41.0 Å². The van der Waals surface area contributed by atoms with Gasteiger partial charge in [0.15, 0.2) is 23.1 Å². The van der Waals surface area contributed by atoms with Crippen LogP contribution in [0.1, 0.15) is 11.1 Å². The first-order chi connectivity index (χ1) is 15.3. The van der Waals surface area contributed by atoms with Crippen LogP contribution >= 0.6 is 0 Å². The molecule has 3 aromatic heterocycles. The molecule has 164 valence electrons. The number of pyridine rings is 1. The number of anilines is 2. The van der Waals surface area contributed by atoms with Crippen molar-refractivity contribution in [3.63, 3.8) is 0 Å². The van der Waals surface area contributed by atoms with Crippen LogP contribution in [0.3, 0.4) is 0 Å². The van der Waals surface area contributed by atoms with Gasteiger partial charge in [-0.25, -0.2) is 33.2 Å². The Morgan fingerprint density at radius 1 is 1.16 bits per heavy atom. The Kier molecular flexibility index (Phi) is 5.26. The minimum absolute atomic E-state index is 0.0305. The first-order valence-electron chi connectivity index (χ1n) is 9.38. The summed E-state index contributed by atoms with van der Waals surface area (Å²) in [5, 5.41) is 7.03. The van der Waals surface area contributed by atoms with Crippen LogP contribution in [0.5, 0.6) is 5.75 Å².